The van der Waals surface area contributed by atoms with Crippen molar-refractivity contribution in [1.29, 1.82) is 0 Å². The molecule has 0 aromatic heterocycles. The van der Waals surface area contributed by atoms with Gasteiger partial charge in [-0.15, -0.1) is 0 Å². The molecule has 182 valence electrons. The number of benzene rings is 4. The number of fused-ring (bicyclic) bond motifs is 1. The molecule has 0 amide bonds. The second kappa shape index (κ2) is 11.1. The molecule has 4 aromatic carbocycles. The molecule has 0 aliphatic heterocycles. The van der Waals surface area contributed by atoms with Crippen LogP contribution in [0.15, 0.2) is 72.8 Å². The Morgan fingerprint density at radius 3 is 2.08 bits per heavy atom. The van der Waals surface area contributed by atoms with E-state index < -0.39 is 28.8 Å². The van der Waals surface area contributed by atoms with Gasteiger partial charge in [-0.2, -0.15) is 0 Å². The Hall–Kier alpha value is -4.11. The molecule has 1 nitrogen and oxygen atoms in total. The summed E-state index contributed by atoms with van der Waals surface area (Å²) in [4.78, 5) is 0. The molecule has 36 heavy (non-hydrogen) atoms. The summed E-state index contributed by atoms with van der Waals surface area (Å²) in [5.41, 5.74) is 0.170. The van der Waals surface area contributed by atoms with Gasteiger partial charge in [-0.25, -0.2) is 22.0 Å². The van der Waals surface area contributed by atoms with Crippen LogP contribution in [0.4, 0.5) is 22.0 Å². The molecule has 6 heteroatoms. The molecule has 0 unspecified atom stereocenters. The minimum atomic E-state index is -0.867. The van der Waals surface area contributed by atoms with Crippen LogP contribution in [0.3, 0.4) is 0 Å². The van der Waals surface area contributed by atoms with Gasteiger partial charge in [0.25, 0.3) is 0 Å². The first-order valence-corrected chi connectivity index (χ1v) is 11.2. The third kappa shape index (κ3) is 5.92. The lowest BCUT2D eigenvalue weighted by Gasteiger charge is -2.10. The Morgan fingerprint density at radius 2 is 1.39 bits per heavy atom. The monoisotopic (exact) mass is 492 g/mol. The normalized spacial score (nSPS) is 11.1. The number of allylic oxidation sites excluding steroid dienone is 1. The minimum Gasteiger partial charge on any atom is -0.489 e. The number of rotatable bonds is 6. The van der Waals surface area contributed by atoms with Gasteiger partial charge in [0.05, 0.1) is 5.56 Å². The summed E-state index contributed by atoms with van der Waals surface area (Å²) in [5, 5.41) is 1.43. The van der Waals surface area contributed by atoms with E-state index in [1.165, 1.54) is 12.1 Å². The molecule has 0 fully saturated rings. The highest BCUT2D eigenvalue weighted by molar-refractivity contribution is 5.84. The first-order chi connectivity index (χ1) is 17.3. The molecule has 0 saturated carbocycles. The van der Waals surface area contributed by atoms with E-state index in [0.717, 1.165) is 29.7 Å². The van der Waals surface area contributed by atoms with E-state index in [-0.39, 0.29) is 42.1 Å². The van der Waals surface area contributed by atoms with E-state index in [2.05, 4.69) is 11.8 Å². The highest BCUT2D eigenvalue weighted by Gasteiger charge is 2.14. The number of halogens is 5. The number of ether oxygens (including phenoxy) is 1. The lowest BCUT2D eigenvalue weighted by atomic mass is 10.0. The fourth-order valence-corrected chi connectivity index (χ4v) is 3.73. The molecule has 4 aromatic rings. The lowest BCUT2D eigenvalue weighted by molar-refractivity contribution is 0.356. The molecule has 0 N–H and O–H groups in total. The molecule has 0 saturated heterocycles. The van der Waals surface area contributed by atoms with Crippen LogP contribution < -0.4 is 4.74 Å². The van der Waals surface area contributed by atoms with Gasteiger partial charge in [0, 0.05) is 23.3 Å². The van der Waals surface area contributed by atoms with Crippen LogP contribution >= 0.6 is 0 Å². The second-order valence-corrected chi connectivity index (χ2v) is 8.14. The van der Waals surface area contributed by atoms with Crippen molar-refractivity contribution in [3.8, 4) is 17.6 Å². The molecular formula is C30H21F5O. The van der Waals surface area contributed by atoms with Crippen molar-refractivity contribution in [2.75, 3.05) is 6.61 Å². The lowest BCUT2D eigenvalue weighted by Crippen LogP contribution is -2.03. The number of hydrogen-bond acceptors (Lipinski definition) is 1. The molecule has 0 aliphatic rings. The van der Waals surface area contributed by atoms with E-state index in [4.69, 9.17) is 4.74 Å². The van der Waals surface area contributed by atoms with Gasteiger partial charge in [0.15, 0.2) is 0 Å². The van der Waals surface area contributed by atoms with Crippen molar-refractivity contribution in [1.82, 2.24) is 0 Å². The van der Waals surface area contributed by atoms with Gasteiger partial charge < -0.3 is 4.74 Å². The standard InChI is InChI=1S/C30H21F5O/c1-2-3-12-36-24-17-29(34)26(30(35)18-24)11-6-20-14-27(32)25(28(33)15-20)10-5-19-4-7-22-16-23(31)9-8-21(22)13-19/h2-4,7-9,13-18H,6,11-12H2,1H3/b3-2+. The molecule has 0 bridgehead atoms. The predicted molar refractivity (Wildman–Crippen MR) is 130 cm³/mol. The maximum atomic E-state index is 14.6. The Kier molecular flexibility index (Phi) is 7.70. The Labute approximate surface area is 205 Å². The molecule has 0 spiro atoms. The molecular weight excluding hydrogens is 471 g/mol. The SMILES string of the molecule is C/C=C/COc1cc(F)c(CCc2cc(F)c(C#Cc3ccc4cc(F)ccc4c3)c(F)c2)c(F)c1. The van der Waals surface area contributed by atoms with E-state index in [1.807, 2.05) is 0 Å². The highest BCUT2D eigenvalue weighted by atomic mass is 19.1. The summed E-state index contributed by atoms with van der Waals surface area (Å²) in [5.74, 6) is 1.63. The minimum absolute atomic E-state index is 0.0232. The fraction of sp³-hybridized carbons (Fsp3) is 0.133. The summed E-state index contributed by atoms with van der Waals surface area (Å²) in [6.45, 7) is 1.98. The Morgan fingerprint density at radius 1 is 0.722 bits per heavy atom. The average Bonchev–Trinajstić information content (AvgIpc) is 2.83. The topological polar surface area (TPSA) is 9.23 Å². The second-order valence-electron chi connectivity index (χ2n) is 8.14. The third-order valence-electron chi connectivity index (χ3n) is 5.60. The zero-order chi connectivity index (χ0) is 25.7. The Balaban J connectivity index is 1.49. The maximum Gasteiger partial charge on any atom is 0.142 e. The summed E-state index contributed by atoms with van der Waals surface area (Å²) in [6.07, 6.45) is 3.39. The van der Waals surface area contributed by atoms with Crippen LogP contribution in [0.25, 0.3) is 10.8 Å². The van der Waals surface area contributed by atoms with Crippen molar-refractivity contribution >= 4 is 10.8 Å². The largest absolute Gasteiger partial charge is 0.489 e. The van der Waals surface area contributed by atoms with Crippen LogP contribution in [0.5, 0.6) is 5.75 Å². The van der Waals surface area contributed by atoms with Gasteiger partial charge in [0.2, 0.25) is 0 Å². The zero-order valence-electron chi connectivity index (χ0n) is 19.3. The van der Waals surface area contributed by atoms with Gasteiger partial charge in [0.1, 0.15) is 41.4 Å². The first kappa shape index (κ1) is 25.0. The third-order valence-corrected chi connectivity index (χ3v) is 5.60. The summed E-state index contributed by atoms with van der Waals surface area (Å²) < 4.78 is 76.7. The predicted octanol–water partition coefficient (Wildman–Crippen LogP) is 7.68. The smallest absolute Gasteiger partial charge is 0.142 e. The molecule has 0 heterocycles. The maximum absolute atomic E-state index is 14.6. The zero-order valence-corrected chi connectivity index (χ0v) is 19.3. The van der Waals surface area contributed by atoms with Crippen LogP contribution in [0.2, 0.25) is 0 Å². The van der Waals surface area contributed by atoms with Crippen LogP contribution in [-0.2, 0) is 12.8 Å². The van der Waals surface area contributed by atoms with Crippen molar-refractivity contribution < 1.29 is 26.7 Å². The van der Waals surface area contributed by atoms with Crippen LogP contribution in [0.1, 0.15) is 29.2 Å². The Bertz CT molecular complexity index is 1470. The summed E-state index contributed by atoms with van der Waals surface area (Å²) in [6, 6.07) is 13.7. The first-order valence-electron chi connectivity index (χ1n) is 11.2. The molecule has 0 aliphatic carbocycles. The van der Waals surface area contributed by atoms with E-state index in [9.17, 15) is 22.0 Å². The van der Waals surface area contributed by atoms with E-state index in [0.29, 0.717) is 10.9 Å². The van der Waals surface area contributed by atoms with Gasteiger partial charge in [-0.05, 0) is 72.5 Å². The molecule has 0 atom stereocenters. The highest BCUT2D eigenvalue weighted by Crippen LogP contribution is 2.24. The van der Waals surface area contributed by atoms with Crippen molar-refractivity contribution in [2.45, 2.75) is 19.8 Å². The quantitative estimate of drug-likeness (QED) is 0.152. The van der Waals surface area contributed by atoms with Crippen LogP contribution in [-0.4, -0.2) is 6.61 Å². The average molecular weight is 492 g/mol. The fourth-order valence-electron chi connectivity index (χ4n) is 3.73. The van der Waals surface area contributed by atoms with Crippen molar-refractivity contribution in [2.24, 2.45) is 0 Å². The van der Waals surface area contributed by atoms with Crippen molar-refractivity contribution in [3.63, 3.8) is 0 Å². The van der Waals surface area contributed by atoms with E-state index in [1.54, 1.807) is 43.3 Å². The molecule has 4 rings (SSSR count). The van der Waals surface area contributed by atoms with E-state index >= 15 is 0 Å². The summed E-state index contributed by atoms with van der Waals surface area (Å²) >= 11 is 0. The molecule has 0 radical (unpaired) electrons. The summed E-state index contributed by atoms with van der Waals surface area (Å²) in [7, 11) is 0. The van der Waals surface area contributed by atoms with Crippen LogP contribution in [0, 0.1) is 40.9 Å². The number of hydrogen-bond donors (Lipinski definition) is 0. The van der Waals surface area contributed by atoms with Gasteiger partial charge in [-0.3, -0.25) is 0 Å². The van der Waals surface area contributed by atoms with Gasteiger partial charge >= 0.3 is 0 Å². The number of aryl methyl sites for hydroxylation is 1. The van der Waals surface area contributed by atoms with Gasteiger partial charge in [-0.1, -0.05) is 36.1 Å². The van der Waals surface area contributed by atoms with Crippen molar-refractivity contribution in [3.05, 3.63) is 124 Å².